The van der Waals surface area contributed by atoms with Gasteiger partial charge in [-0.15, -0.1) is 0 Å². The summed E-state index contributed by atoms with van der Waals surface area (Å²) in [5.74, 6) is 0. The molecule has 1 aromatic heterocycles. The van der Waals surface area contributed by atoms with Crippen molar-refractivity contribution in [1.29, 1.82) is 0 Å². The van der Waals surface area contributed by atoms with Gasteiger partial charge in [0.1, 0.15) is 0 Å². The van der Waals surface area contributed by atoms with E-state index < -0.39 is 16.2 Å². The van der Waals surface area contributed by atoms with E-state index in [1.807, 2.05) is 0 Å². The summed E-state index contributed by atoms with van der Waals surface area (Å²) < 4.78 is 28.8. The highest BCUT2D eigenvalue weighted by atomic mass is 32.2. The predicted molar refractivity (Wildman–Crippen MR) is 103 cm³/mol. The van der Waals surface area contributed by atoms with E-state index in [0.717, 1.165) is 60.9 Å². The zero-order valence-corrected chi connectivity index (χ0v) is 15.7. The number of hydrogen-bond donors (Lipinski definition) is 3. The van der Waals surface area contributed by atoms with Crippen molar-refractivity contribution in [1.82, 2.24) is 14.4 Å². The topological polar surface area (TPSA) is 100 Å². The third kappa shape index (κ3) is 3.96. The quantitative estimate of drug-likeness (QED) is 0.733. The van der Waals surface area contributed by atoms with Crippen LogP contribution in [0, 0.1) is 0 Å². The van der Waals surface area contributed by atoms with Crippen LogP contribution in [-0.4, -0.2) is 19.4 Å². The first-order valence-electron chi connectivity index (χ1n) is 9.15. The fraction of sp³-hybridized carbons (Fsp3) is 0.368. The molecule has 0 fully saturated rings. The van der Waals surface area contributed by atoms with E-state index in [1.165, 1.54) is 11.1 Å². The number of benzene rings is 1. The number of pyridine rings is 1. The largest absolute Gasteiger partial charge is 0.333 e. The molecule has 2 aliphatic carbocycles. The molecule has 2 aromatic rings. The molecule has 3 N–H and O–H groups in total. The highest BCUT2D eigenvalue weighted by molar-refractivity contribution is 7.88. The molecule has 27 heavy (non-hydrogen) atoms. The number of fused-ring (bicyclic) bond motifs is 2. The number of hydrogen-bond acceptors (Lipinski definition) is 4. The van der Waals surface area contributed by atoms with Gasteiger partial charge in [-0.05, 0) is 78.5 Å². The van der Waals surface area contributed by atoms with Crippen LogP contribution in [0.5, 0.6) is 0 Å². The Kier molecular flexibility index (Phi) is 4.84. The van der Waals surface area contributed by atoms with Gasteiger partial charge in [-0.25, -0.2) is 9.52 Å². The van der Waals surface area contributed by atoms with Crippen LogP contribution >= 0.6 is 0 Å². The summed E-state index contributed by atoms with van der Waals surface area (Å²) >= 11 is 0. The molecular weight excluding hydrogens is 364 g/mol. The fourth-order valence-corrected chi connectivity index (χ4v) is 4.67. The van der Waals surface area contributed by atoms with Gasteiger partial charge in [0.25, 0.3) is 0 Å². The third-order valence-electron chi connectivity index (χ3n) is 5.15. The molecule has 8 heteroatoms. The number of carbonyl (C=O) groups is 1. The van der Waals surface area contributed by atoms with Crippen molar-refractivity contribution in [3.8, 4) is 0 Å². The summed E-state index contributed by atoms with van der Waals surface area (Å²) in [6.45, 7) is 0.0846. The summed E-state index contributed by atoms with van der Waals surface area (Å²) in [6.07, 6.45) is 9.19. The van der Waals surface area contributed by atoms with Crippen molar-refractivity contribution < 1.29 is 13.2 Å². The van der Waals surface area contributed by atoms with E-state index in [-0.39, 0.29) is 6.54 Å². The number of carbonyl (C=O) groups excluding carboxylic acids is 1. The second-order valence-electron chi connectivity index (χ2n) is 6.97. The highest BCUT2D eigenvalue weighted by Crippen LogP contribution is 2.38. The van der Waals surface area contributed by atoms with E-state index in [9.17, 15) is 13.2 Å². The summed E-state index contributed by atoms with van der Waals surface area (Å²) in [5.41, 5.74) is 6.46. The molecule has 0 bridgehead atoms. The van der Waals surface area contributed by atoms with E-state index >= 15 is 0 Å². The van der Waals surface area contributed by atoms with Crippen molar-refractivity contribution in [3.63, 3.8) is 0 Å². The van der Waals surface area contributed by atoms with Crippen LogP contribution in [-0.2, 0) is 42.4 Å². The van der Waals surface area contributed by atoms with Gasteiger partial charge in [-0.2, -0.15) is 13.1 Å². The molecule has 0 saturated heterocycles. The third-order valence-corrected chi connectivity index (χ3v) is 6.13. The van der Waals surface area contributed by atoms with Crippen molar-refractivity contribution >= 4 is 21.9 Å². The van der Waals surface area contributed by atoms with Crippen LogP contribution in [0.25, 0.3) is 0 Å². The van der Waals surface area contributed by atoms with E-state index in [2.05, 4.69) is 25.8 Å². The molecular formula is C19H22N4O3S. The van der Waals surface area contributed by atoms with Gasteiger partial charge in [0, 0.05) is 24.6 Å². The Bertz CT molecular complexity index is 942. The summed E-state index contributed by atoms with van der Waals surface area (Å²) in [6, 6.07) is 4.95. The zero-order chi connectivity index (χ0) is 18.9. The first kappa shape index (κ1) is 17.9. The molecule has 2 aliphatic rings. The van der Waals surface area contributed by atoms with E-state index in [1.54, 1.807) is 24.5 Å². The lowest BCUT2D eigenvalue weighted by molar-refractivity contribution is 0.256. The van der Waals surface area contributed by atoms with Crippen LogP contribution in [0.4, 0.5) is 10.5 Å². The maximum absolute atomic E-state index is 12.4. The van der Waals surface area contributed by atoms with E-state index in [4.69, 9.17) is 0 Å². The van der Waals surface area contributed by atoms with Crippen molar-refractivity contribution in [3.05, 3.63) is 58.4 Å². The molecule has 0 spiro atoms. The SMILES string of the molecule is O=C(Nc1c2c(cc3c1CCC3)CCC2)NS(=O)(=O)NCc1ccncc1. The van der Waals surface area contributed by atoms with Gasteiger partial charge < -0.3 is 5.32 Å². The minimum Gasteiger partial charge on any atom is -0.307 e. The maximum Gasteiger partial charge on any atom is 0.333 e. The maximum atomic E-state index is 12.4. The molecule has 0 aliphatic heterocycles. The van der Waals surface area contributed by atoms with Gasteiger partial charge in [-0.1, -0.05) is 6.07 Å². The Labute approximate surface area is 158 Å². The number of nitrogens with zero attached hydrogens (tertiary/aromatic N) is 1. The summed E-state index contributed by atoms with van der Waals surface area (Å²) in [5, 5.41) is 2.82. The number of urea groups is 1. The van der Waals surface area contributed by atoms with Gasteiger partial charge in [0.2, 0.25) is 0 Å². The first-order chi connectivity index (χ1) is 13.0. The van der Waals surface area contributed by atoms with Crippen LogP contribution < -0.4 is 14.8 Å². The lowest BCUT2D eigenvalue weighted by Gasteiger charge is -2.16. The van der Waals surface area contributed by atoms with Crippen LogP contribution in [0.1, 0.15) is 40.7 Å². The Morgan fingerprint density at radius 3 is 2.26 bits per heavy atom. The van der Waals surface area contributed by atoms with E-state index in [0.29, 0.717) is 0 Å². The molecule has 0 atom stereocenters. The standard InChI is InChI=1S/C19H22N4O3S/c24-19(23-27(25,26)21-12-13-7-9-20-10-8-13)22-18-16-5-1-3-14(16)11-15-4-2-6-17(15)18/h7-11,21H,1-6,12H2,(H2,22,23,24). The Morgan fingerprint density at radius 2 is 1.63 bits per heavy atom. The predicted octanol–water partition coefficient (Wildman–Crippen LogP) is 2.22. The molecule has 1 aromatic carbocycles. The number of aromatic nitrogens is 1. The molecule has 4 rings (SSSR count). The minimum absolute atomic E-state index is 0.0846. The number of nitrogens with one attached hydrogen (secondary N) is 3. The molecule has 7 nitrogen and oxygen atoms in total. The highest BCUT2D eigenvalue weighted by Gasteiger charge is 2.25. The summed E-state index contributed by atoms with van der Waals surface area (Å²) in [7, 11) is -3.96. The Hall–Kier alpha value is -2.45. The second-order valence-corrected chi connectivity index (χ2v) is 8.47. The number of anilines is 1. The van der Waals surface area contributed by atoms with Gasteiger partial charge in [0.05, 0.1) is 0 Å². The minimum atomic E-state index is -3.96. The molecule has 142 valence electrons. The van der Waals surface area contributed by atoms with Crippen molar-refractivity contribution in [2.75, 3.05) is 5.32 Å². The fourth-order valence-electron chi connectivity index (χ4n) is 3.94. The molecule has 0 radical (unpaired) electrons. The van der Waals surface area contributed by atoms with Crippen molar-refractivity contribution in [2.45, 2.75) is 45.1 Å². The first-order valence-corrected chi connectivity index (χ1v) is 10.6. The van der Waals surface area contributed by atoms with Crippen molar-refractivity contribution in [2.24, 2.45) is 0 Å². The molecule has 0 unspecified atom stereocenters. The molecule has 0 saturated carbocycles. The Balaban J connectivity index is 1.46. The second kappa shape index (κ2) is 7.28. The lowest BCUT2D eigenvalue weighted by atomic mass is 9.99. The smallest absolute Gasteiger partial charge is 0.307 e. The van der Waals surface area contributed by atoms with Gasteiger partial charge in [-0.3, -0.25) is 4.98 Å². The average Bonchev–Trinajstić information content (AvgIpc) is 3.29. The van der Waals surface area contributed by atoms with Gasteiger partial charge in [0.15, 0.2) is 0 Å². The summed E-state index contributed by atoms with van der Waals surface area (Å²) in [4.78, 5) is 16.3. The number of aryl methyl sites for hydroxylation is 2. The zero-order valence-electron chi connectivity index (χ0n) is 14.9. The molecule has 2 amide bonds. The Morgan fingerprint density at radius 1 is 1.00 bits per heavy atom. The van der Waals surface area contributed by atoms with Crippen LogP contribution in [0.3, 0.4) is 0 Å². The molecule has 1 heterocycles. The lowest BCUT2D eigenvalue weighted by Crippen LogP contribution is -2.42. The van der Waals surface area contributed by atoms with Crippen LogP contribution in [0.15, 0.2) is 30.6 Å². The van der Waals surface area contributed by atoms with Gasteiger partial charge >= 0.3 is 16.2 Å². The van der Waals surface area contributed by atoms with Crippen LogP contribution in [0.2, 0.25) is 0 Å². The number of rotatable bonds is 5. The normalized spacial score (nSPS) is 15.3. The average molecular weight is 386 g/mol. The monoisotopic (exact) mass is 386 g/mol. The number of amides is 2.